The van der Waals surface area contributed by atoms with Crippen molar-refractivity contribution in [2.75, 3.05) is 11.1 Å². The lowest BCUT2D eigenvalue weighted by Crippen LogP contribution is -2.33. The van der Waals surface area contributed by atoms with Crippen molar-refractivity contribution >= 4 is 39.9 Å². The molecule has 0 fully saturated rings. The lowest BCUT2D eigenvalue weighted by atomic mass is 9.96. The van der Waals surface area contributed by atoms with E-state index in [1.165, 1.54) is 28.0 Å². The molecule has 35 heavy (non-hydrogen) atoms. The quantitative estimate of drug-likeness (QED) is 0.434. The summed E-state index contributed by atoms with van der Waals surface area (Å²) in [6.07, 6.45) is 4.08. The van der Waals surface area contributed by atoms with Crippen molar-refractivity contribution in [3.8, 4) is 6.07 Å². The Morgan fingerprint density at radius 3 is 2.66 bits per heavy atom. The molecule has 8 nitrogen and oxygen atoms in total. The van der Waals surface area contributed by atoms with Gasteiger partial charge < -0.3 is 15.2 Å². The van der Waals surface area contributed by atoms with Crippen LogP contribution in [0, 0.1) is 17.2 Å². The van der Waals surface area contributed by atoms with E-state index in [0.29, 0.717) is 27.1 Å². The summed E-state index contributed by atoms with van der Waals surface area (Å²) in [7, 11) is 1.83. The molecule has 1 aliphatic carbocycles. The zero-order valence-electron chi connectivity index (χ0n) is 20.0. The third kappa shape index (κ3) is 5.57. The smallest absolute Gasteiger partial charge is 0.251 e. The number of nitrogens with zero attached hydrogens (tertiary/aromatic N) is 4. The van der Waals surface area contributed by atoms with Crippen molar-refractivity contribution in [2.45, 2.75) is 50.7 Å². The highest BCUT2D eigenvalue weighted by atomic mass is 32.2. The fourth-order valence-corrected chi connectivity index (χ4v) is 6.11. The Morgan fingerprint density at radius 2 is 1.94 bits per heavy atom. The fraction of sp³-hybridized carbons (Fsp3) is 0.400. The number of fused-ring (bicyclic) bond motifs is 1. The molecule has 1 atom stereocenters. The number of benzene rings is 1. The standard InChI is InChI=1S/C25H28N6O2S2/c1-15(2)21(28-23(33)16-9-5-4-6-10-16)22-29-30-25(31(22)3)34-14-20(32)27-24-18(13-26)17-11-7-8-12-19(17)35-24/h4-6,9-10,15,21H,7-8,11-12,14H2,1-3H3,(H,27,32)(H,28,33)/t21-/m0/s1. The predicted molar refractivity (Wildman–Crippen MR) is 138 cm³/mol. The molecule has 2 aromatic heterocycles. The summed E-state index contributed by atoms with van der Waals surface area (Å²) in [6, 6.07) is 11.0. The van der Waals surface area contributed by atoms with Gasteiger partial charge in [0.2, 0.25) is 5.91 Å². The van der Waals surface area contributed by atoms with Crippen LogP contribution in [0.25, 0.3) is 0 Å². The average Bonchev–Trinajstić information content (AvgIpc) is 3.40. The first-order valence-corrected chi connectivity index (χ1v) is 13.4. The third-order valence-corrected chi connectivity index (χ3v) is 8.23. The number of carbonyl (C=O) groups is 2. The van der Waals surface area contributed by atoms with E-state index in [1.807, 2.05) is 43.7 Å². The van der Waals surface area contributed by atoms with Gasteiger partial charge in [-0.1, -0.05) is 43.8 Å². The highest BCUT2D eigenvalue weighted by molar-refractivity contribution is 7.99. The molecule has 0 unspecified atom stereocenters. The maximum atomic E-state index is 12.7. The van der Waals surface area contributed by atoms with Crippen LogP contribution in [0.4, 0.5) is 5.00 Å². The highest BCUT2D eigenvalue weighted by Crippen LogP contribution is 2.37. The van der Waals surface area contributed by atoms with Crippen LogP contribution >= 0.6 is 23.1 Å². The van der Waals surface area contributed by atoms with Gasteiger partial charge in [-0.25, -0.2) is 0 Å². The summed E-state index contributed by atoms with van der Waals surface area (Å²) in [5, 5.41) is 25.4. The van der Waals surface area contributed by atoms with E-state index < -0.39 is 0 Å². The Hall–Kier alpha value is -3.16. The zero-order valence-corrected chi connectivity index (χ0v) is 21.6. The molecular weight excluding hydrogens is 480 g/mol. The Bertz CT molecular complexity index is 1260. The van der Waals surface area contributed by atoms with Gasteiger partial charge in [-0.3, -0.25) is 9.59 Å². The van der Waals surface area contributed by atoms with Gasteiger partial charge in [0.05, 0.1) is 17.4 Å². The molecule has 2 amide bonds. The molecule has 2 heterocycles. The Morgan fingerprint density at radius 1 is 1.20 bits per heavy atom. The molecule has 0 radical (unpaired) electrons. The van der Waals surface area contributed by atoms with Crippen molar-refractivity contribution < 1.29 is 9.59 Å². The molecule has 1 aromatic carbocycles. The van der Waals surface area contributed by atoms with Crippen molar-refractivity contribution in [1.29, 1.82) is 5.26 Å². The summed E-state index contributed by atoms with van der Waals surface area (Å²) in [6.45, 7) is 4.02. The summed E-state index contributed by atoms with van der Waals surface area (Å²) >= 11 is 2.79. The second kappa shape index (κ2) is 11.1. The Balaban J connectivity index is 1.41. The molecule has 3 aromatic rings. The van der Waals surface area contributed by atoms with E-state index >= 15 is 0 Å². The first-order valence-electron chi connectivity index (χ1n) is 11.6. The number of hydrogen-bond donors (Lipinski definition) is 2. The fourth-order valence-electron chi connectivity index (χ4n) is 4.13. The average molecular weight is 509 g/mol. The number of rotatable bonds is 8. The van der Waals surface area contributed by atoms with Crippen molar-refractivity contribution in [3.05, 3.63) is 57.7 Å². The number of anilines is 1. The lowest BCUT2D eigenvalue weighted by Gasteiger charge is -2.21. The van der Waals surface area contributed by atoms with Crippen LogP contribution in [0.3, 0.4) is 0 Å². The molecule has 182 valence electrons. The van der Waals surface area contributed by atoms with Crippen LogP contribution in [0.2, 0.25) is 0 Å². The van der Waals surface area contributed by atoms with Crippen LogP contribution in [0.1, 0.15) is 64.9 Å². The van der Waals surface area contributed by atoms with Gasteiger partial charge >= 0.3 is 0 Å². The van der Waals surface area contributed by atoms with E-state index in [9.17, 15) is 14.9 Å². The van der Waals surface area contributed by atoms with Crippen LogP contribution in [-0.2, 0) is 24.7 Å². The molecule has 4 rings (SSSR count). The minimum absolute atomic E-state index is 0.0842. The molecule has 2 N–H and O–H groups in total. The number of thioether (sulfide) groups is 1. The van der Waals surface area contributed by atoms with Crippen LogP contribution in [-0.4, -0.2) is 32.3 Å². The maximum Gasteiger partial charge on any atom is 0.251 e. The summed E-state index contributed by atoms with van der Waals surface area (Å²) < 4.78 is 1.82. The van der Waals surface area contributed by atoms with Crippen molar-refractivity contribution in [1.82, 2.24) is 20.1 Å². The minimum Gasteiger partial charge on any atom is -0.342 e. The van der Waals surface area contributed by atoms with Gasteiger partial charge in [0.25, 0.3) is 5.91 Å². The summed E-state index contributed by atoms with van der Waals surface area (Å²) in [5.74, 6) is 0.494. The molecule has 0 spiro atoms. The molecule has 0 saturated carbocycles. The van der Waals surface area contributed by atoms with Crippen LogP contribution in [0.15, 0.2) is 35.5 Å². The normalized spacial score (nSPS) is 13.7. The molecule has 0 bridgehead atoms. The van der Waals surface area contributed by atoms with E-state index in [4.69, 9.17) is 0 Å². The van der Waals surface area contributed by atoms with Gasteiger partial charge in [-0.2, -0.15) is 5.26 Å². The van der Waals surface area contributed by atoms with Crippen molar-refractivity contribution in [3.63, 3.8) is 0 Å². The maximum absolute atomic E-state index is 12.7. The van der Waals surface area contributed by atoms with Crippen LogP contribution in [0.5, 0.6) is 0 Å². The Kier molecular flexibility index (Phi) is 7.88. The number of carbonyl (C=O) groups excluding carboxylic acids is 2. The van der Waals surface area contributed by atoms with Gasteiger partial charge in [0.1, 0.15) is 11.1 Å². The molecule has 1 aliphatic rings. The highest BCUT2D eigenvalue weighted by Gasteiger charge is 2.26. The molecule has 0 saturated heterocycles. The second-order valence-corrected chi connectivity index (χ2v) is 10.9. The predicted octanol–water partition coefficient (Wildman–Crippen LogP) is 4.48. The van der Waals surface area contributed by atoms with Gasteiger partial charge in [0, 0.05) is 17.5 Å². The van der Waals surface area contributed by atoms with Gasteiger partial charge in [0.15, 0.2) is 11.0 Å². The second-order valence-electron chi connectivity index (χ2n) is 8.82. The topological polar surface area (TPSA) is 113 Å². The van der Waals surface area contributed by atoms with E-state index in [1.54, 1.807) is 12.1 Å². The number of aryl methyl sites for hydroxylation is 1. The van der Waals surface area contributed by atoms with E-state index in [2.05, 4.69) is 26.9 Å². The molecular formula is C25H28N6O2S2. The number of hydrogen-bond acceptors (Lipinski definition) is 7. The number of nitrogens with one attached hydrogen (secondary N) is 2. The van der Waals surface area contributed by atoms with E-state index in [0.717, 1.165) is 31.2 Å². The summed E-state index contributed by atoms with van der Waals surface area (Å²) in [4.78, 5) is 26.6. The largest absolute Gasteiger partial charge is 0.342 e. The first kappa shape index (κ1) is 24.9. The Labute approximate surface area is 213 Å². The SMILES string of the molecule is CC(C)[C@H](NC(=O)c1ccccc1)c1nnc(SCC(=O)Nc2sc3c(c2C#N)CCCC3)n1C. The number of amides is 2. The first-order chi connectivity index (χ1) is 16.9. The van der Waals surface area contributed by atoms with Crippen LogP contribution < -0.4 is 10.6 Å². The van der Waals surface area contributed by atoms with Crippen molar-refractivity contribution in [2.24, 2.45) is 13.0 Å². The van der Waals surface area contributed by atoms with Gasteiger partial charge in [-0.05, 0) is 49.3 Å². The molecule has 10 heteroatoms. The monoisotopic (exact) mass is 508 g/mol. The number of nitriles is 1. The number of aromatic nitrogens is 3. The minimum atomic E-state index is -0.334. The number of thiophene rings is 1. The molecule has 0 aliphatic heterocycles. The zero-order chi connectivity index (χ0) is 24.9. The lowest BCUT2D eigenvalue weighted by molar-refractivity contribution is -0.113. The summed E-state index contributed by atoms with van der Waals surface area (Å²) in [5.41, 5.74) is 2.29. The van der Waals surface area contributed by atoms with E-state index in [-0.39, 0.29) is 29.5 Å². The third-order valence-electron chi connectivity index (χ3n) is 6.00. The van der Waals surface area contributed by atoms with Gasteiger partial charge in [-0.15, -0.1) is 21.5 Å².